The summed E-state index contributed by atoms with van der Waals surface area (Å²) >= 11 is 2.83. The van der Waals surface area contributed by atoms with Crippen LogP contribution >= 0.6 is 23.1 Å². The highest BCUT2D eigenvalue weighted by atomic mass is 32.2. The summed E-state index contributed by atoms with van der Waals surface area (Å²) < 4.78 is 5.65. The van der Waals surface area contributed by atoms with E-state index in [9.17, 15) is 9.59 Å². The molecule has 7 heteroatoms. The molecular weight excluding hydrogens is 284 g/mol. The average Bonchev–Trinajstić information content (AvgIpc) is 2.77. The zero-order valence-electron chi connectivity index (χ0n) is 11.3. The number of nitrogens with one attached hydrogen (secondary N) is 1. The Bertz CT molecular complexity index is 434. The Hall–Kier alpha value is -1.08. The second-order valence-corrected chi connectivity index (χ2v) is 6.19. The molecule has 0 radical (unpaired) electrons. The van der Waals surface area contributed by atoms with Crippen molar-refractivity contribution in [2.45, 2.75) is 36.8 Å². The Kier molecular flexibility index (Phi) is 6.86. The van der Waals surface area contributed by atoms with Crippen molar-refractivity contribution in [3.63, 3.8) is 0 Å². The van der Waals surface area contributed by atoms with Crippen molar-refractivity contribution in [2.24, 2.45) is 0 Å². The van der Waals surface area contributed by atoms with Gasteiger partial charge in [0.1, 0.15) is 0 Å². The third-order valence-corrected chi connectivity index (χ3v) is 4.28. The van der Waals surface area contributed by atoms with Gasteiger partial charge in [-0.2, -0.15) is 0 Å². The molecule has 0 aliphatic rings. The van der Waals surface area contributed by atoms with E-state index in [4.69, 9.17) is 4.74 Å². The van der Waals surface area contributed by atoms with Crippen molar-refractivity contribution in [2.75, 3.05) is 13.2 Å². The van der Waals surface area contributed by atoms with Crippen molar-refractivity contribution >= 4 is 35.0 Å². The highest BCUT2D eigenvalue weighted by Crippen LogP contribution is 2.27. The highest BCUT2D eigenvalue weighted by Gasteiger charge is 2.16. The first-order valence-corrected chi connectivity index (χ1v) is 7.87. The maximum atomic E-state index is 11.6. The molecule has 0 saturated carbocycles. The minimum absolute atomic E-state index is 0.00496. The topological polar surface area (TPSA) is 68.3 Å². The number of rotatable bonds is 7. The number of ether oxygens (including phenoxy) is 1. The maximum Gasteiger partial charge on any atom is 0.311 e. The van der Waals surface area contributed by atoms with Crippen LogP contribution in [-0.2, 0) is 20.7 Å². The molecular formula is C12H18N2O3S2. The Labute approximate surface area is 121 Å². The van der Waals surface area contributed by atoms with Crippen LogP contribution in [0.25, 0.3) is 0 Å². The van der Waals surface area contributed by atoms with E-state index in [1.807, 2.05) is 19.2 Å². The molecule has 1 aromatic heterocycles. The van der Waals surface area contributed by atoms with Crippen molar-refractivity contribution in [3.8, 4) is 0 Å². The molecule has 1 heterocycles. The van der Waals surface area contributed by atoms with E-state index in [1.54, 1.807) is 6.92 Å². The molecule has 0 bridgehead atoms. The van der Waals surface area contributed by atoms with Crippen LogP contribution in [-0.4, -0.2) is 35.3 Å². The number of aromatic nitrogens is 1. The minimum atomic E-state index is -0.277. The zero-order chi connectivity index (χ0) is 14.3. The lowest BCUT2D eigenvalue weighted by atomic mass is 10.3. The number of esters is 1. The third-order valence-electron chi connectivity index (χ3n) is 2.16. The fourth-order valence-corrected chi connectivity index (χ4v) is 3.31. The summed E-state index contributed by atoms with van der Waals surface area (Å²) in [5.74, 6) is -0.282. The predicted molar refractivity (Wildman–Crippen MR) is 76.5 cm³/mol. The van der Waals surface area contributed by atoms with Crippen LogP contribution in [0.3, 0.4) is 0 Å². The van der Waals surface area contributed by atoms with Crippen LogP contribution in [0, 0.1) is 0 Å². The number of nitrogens with zero attached hydrogens (tertiary/aromatic N) is 1. The zero-order valence-corrected chi connectivity index (χ0v) is 12.9. The molecule has 0 saturated heterocycles. The number of amides is 1. The van der Waals surface area contributed by atoms with Gasteiger partial charge < -0.3 is 10.1 Å². The van der Waals surface area contributed by atoms with Gasteiger partial charge in [-0.25, -0.2) is 4.98 Å². The Morgan fingerprint density at radius 1 is 1.53 bits per heavy atom. The Balaban J connectivity index is 2.50. The predicted octanol–water partition coefficient (Wildman–Crippen LogP) is 1.87. The molecule has 5 nitrogen and oxygen atoms in total. The maximum absolute atomic E-state index is 11.6. The van der Waals surface area contributed by atoms with E-state index < -0.39 is 0 Å². The van der Waals surface area contributed by atoms with Gasteiger partial charge in [-0.1, -0.05) is 11.8 Å². The van der Waals surface area contributed by atoms with E-state index in [0.717, 1.165) is 4.34 Å². The molecule has 106 valence electrons. The summed E-state index contributed by atoms with van der Waals surface area (Å²) in [4.78, 5) is 27.2. The van der Waals surface area contributed by atoms with E-state index >= 15 is 0 Å². The minimum Gasteiger partial charge on any atom is -0.466 e. The number of thioether (sulfide) groups is 1. The molecule has 1 N–H and O–H groups in total. The number of hydrogen-bond acceptors (Lipinski definition) is 6. The SMILES string of the molecule is CCNC(=O)[C@@H](C)Sc1nc(CC(=O)OCC)cs1. The first kappa shape index (κ1) is 16.0. The van der Waals surface area contributed by atoms with Gasteiger partial charge in [0.2, 0.25) is 5.91 Å². The molecule has 1 aromatic rings. The van der Waals surface area contributed by atoms with Crippen molar-refractivity contribution in [1.29, 1.82) is 0 Å². The molecule has 1 amide bonds. The number of carbonyl (C=O) groups excluding carboxylic acids is 2. The lowest BCUT2D eigenvalue weighted by Crippen LogP contribution is -2.30. The molecule has 0 unspecified atom stereocenters. The summed E-state index contributed by atoms with van der Waals surface area (Å²) in [6.45, 7) is 6.49. The highest BCUT2D eigenvalue weighted by molar-refractivity contribution is 8.02. The molecule has 0 fully saturated rings. The monoisotopic (exact) mass is 302 g/mol. The number of hydrogen-bond donors (Lipinski definition) is 1. The van der Waals surface area contributed by atoms with Crippen molar-refractivity contribution in [3.05, 3.63) is 11.1 Å². The Morgan fingerprint density at radius 3 is 2.89 bits per heavy atom. The summed E-state index contributed by atoms with van der Waals surface area (Å²) in [5, 5.41) is 4.39. The van der Waals surface area contributed by atoms with Gasteiger partial charge >= 0.3 is 5.97 Å². The van der Waals surface area contributed by atoms with Gasteiger partial charge in [0.05, 0.1) is 24.0 Å². The van der Waals surface area contributed by atoms with Gasteiger partial charge in [0.25, 0.3) is 0 Å². The second-order valence-electron chi connectivity index (χ2n) is 3.74. The quantitative estimate of drug-likeness (QED) is 0.615. The molecule has 0 spiro atoms. The summed E-state index contributed by atoms with van der Waals surface area (Å²) in [6, 6.07) is 0. The molecule has 0 aliphatic carbocycles. The average molecular weight is 302 g/mol. The number of carbonyl (C=O) groups is 2. The molecule has 0 aromatic carbocycles. The molecule has 0 aliphatic heterocycles. The lowest BCUT2D eigenvalue weighted by Gasteiger charge is -2.08. The van der Waals surface area contributed by atoms with Crippen LogP contribution in [0.15, 0.2) is 9.72 Å². The summed E-state index contributed by atoms with van der Waals surface area (Å²) in [7, 11) is 0. The fraction of sp³-hybridized carbons (Fsp3) is 0.583. The van der Waals surface area contributed by atoms with Crippen molar-refractivity contribution in [1.82, 2.24) is 10.3 Å². The van der Waals surface area contributed by atoms with Gasteiger partial charge in [-0.3, -0.25) is 9.59 Å². The normalized spacial score (nSPS) is 11.9. The van der Waals surface area contributed by atoms with Gasteiger partial charge in [-0.15, -0.1) is 11.3 Å². The van der Waals surface area contributed by atoms with E-state index in [2.05, 4.69) is 10.3 Å². The van der Waals surface area contributed by atoms with E-state index in [-0.39, 0.29) is 23.5 Å². The van der Waals surface area contributed by atoms with Crippen LogP contribution in [0.4, 0.5) is 0 Å². The third kappa shape index (κ3) is 5.61. The van der Waals surface area contributed by atoms with Crippen LogP contribution in [0.5, 0.6) is 0 Å². The Morgan fingerprint density at radius 2 is 2.26 bits per heavy atom. The lowest BCUT2D eigenvalue weighted by molar-refractivity contribution is -0.142. The smallest absolute Gasteiger partial charge is 0.311 e. The largest absolute Gasteiger partial charge is 0.466 e. The molecule has 1 rings (SSSR count). The van der Waals surface area contributed by atoms with Crippen molar-refractivity contribution < 1.29 is 14.3 Å². The van der Waals surface area contributed by atoms with E-state index in [0.29, 0.717) is 18.8 Å². The van der Waals surface area contributed by atoms with Crippen LogP contribution in [0.2, 0.25) is 0 Å². The first-order valence-electron chi connectivity index (χ1n) is 6.11. The van der Waals surface area contributed by atoms with Gasteiger partial charge in [0, 0.05) is 11.9 Å². The molecule has 1 atom stereocenters. The van der Waals surface area contributed by atoms with Gasteiger partial charge in [0.15, 0.2) is 4.34 Å². The van der Waals surface area contributed by atoms with Gasteiger partial charge in [-0.05, 0) is 20.8 Å². The van der Waals surface area contributed by atoms with Crippen LogP contribution in [0.1, 0.15) is 26.5 Å². The summed E-state index contributed by atoms with van der Waals surface area (Å²) in [6.07, 6.45) is 0.181. The van der Waals surface area contributed by atoms with E-state index in [1.165, 1.54) is 23.1 Å². The fourth-order valence-electron chi connectivity index (χ4n) is 1.31. The second kappa shape index (κ2) is 8.16. The van der Waals surface area contributed by atoms with Crippen LogP contribution < -0.4 is 5.32 Å². The first-order chi connectivity index (χ1) is 9.06. The summed E-state index contributed by atoms with van der Waals surface area (Å²) in [5.41, 5.74) is 0.689. The standard InChI is InChI=1S/C12H18N2O3S2/c1-4-13-11(16)8(3)19-12-14-9(7-18-12)6-10(15)17-5-2/h7-8H,4-6H2,1-3H3,(H,13,16)/t8-/m1/s1. The molecule has 19 heavy (non-hydrogen) atoms. The number of thiazole rings is 1.